The van der Waals surface area contributed by atoms with Crippen molar-refractivity contribution in [3.05, 3.63) is 75.3 Å². The van der Waals surface area contributed by atoms with Crippen molar-refractivity contribution in [2.45, 2.75) is 19.6 Å². The number of nitro groups is 1. The lowest BCUT2D eigenvalue weighted by atomic mass is 10.2. The number of ether oxygens (including phenoxy) is 1. The Morgan fingerprint density at radius 3 is 2.50 bits per heavy atom. The zero-order chi connectivity index (χ0) is 21.7. The number of amides is 1. The van der Waals surface area contributed by atoms with Crippen LogP contribution in [-0.4, -0.2) is 32.7 Å². The lowest BCUT2D eigenvalue weighted by Gasteiger charge is -2.13. The number of carbonyl (C=O) groups is 2. The standard InChI is InChI=1S/C19H16N4O7/c1-12(17(25)20-14-7-9-15(10-8-14)23(27)28)29-16(24)11-22-19(26)30-18(21-22)13-5-3-2-4-6-13/h2-10,12H,11H2,1H3,(H,20,25). The highest BCUT2D eigenvalue weighted by atomic mass is 16.6. The molecular formula is C19H16N4O7. The SMILES string of the molecule is CC(OC(=O)Cn1nc(-c2ccccc2)oc1=O)C(=O)Nc1ccc([N+](=O)[O-])cc1. The Morgan fingerprint density at radius 2 is 1.87 bits per heavy atom. The summed E-state index contributed by atoms with van der Waals surface area (Å²) in [5, 5.41) is 17.1. The molecule has 11 heteroatoms. The van der Waals surface area contributed by atoms with Gasteiger partial charge in [-0.2, -0.15) is 4.68 Å². The quantitative estimate of drug-likeness (QED) is 0.352. The molecule has 1 heterocycles. The minimum atomic E-state index is -1.18. The first-order valence-corrected chi connectivity index (χ1v) is 8.71. The number of esters is 1. The third-order valence-electron chi connectivity index (χ3n) is 3.93. The molecule has 154 valence electrons. The smallest absolute Gasteiger partial charge is 0.437 e. The van der Waals surface area contributed by atoms with Gasteiger partial charge >= 0.3 is 11.7 Å². The third-order valence-corrected chi connectivity index (χ3v) is 3.93. The molecule has 1 atom stereocenters. The van der Waals surface area contributed by atoms with Crippen LogP contribution in [0.4, 0.5) is 11.4 Å². The van der Waals surface area contributed by atoms with E-state index in [0.717, 1.165) is 4.68 Å². The molecule has 0 bridgehead atoms. The van der Waals surface area contributed by atoms with Crippen molar-refractivity contribution in [3.8, 4) is 11.5 Å². The summed E-state index contributed by atoms with van der Waals surface area (Å²) in [6.07, 6.45) is -1.18. The Kier molecular flexibility index (Phi) is 6.01. The van der Waals surface area contributed by atoms with Crippen LogP contribution in [0.2, 0.25) is 0 Å². The van der Waals surface area contributed by atoms with E-state index >= 15 is 0 Å². The molecule has 2 aromatic carbocycles. The summed E-state index contributed by atoms with van der Waals surface area (Å²) in [6, 6.07) is 13.8. The minimum Gasteiger partial charge on any atom is -0.451 e. The van der Waals surface area contributed by atoms with E-state index in [1.807, 2.05) is 0 Å². The maximum atomic E-state index is 12.2. The summed E-state index contributed by atoms with van der Waals surface area (Å²) in [5.74, 6) is -2.29. The normalized spacial score (nSPS) is 11.5. The molecule has 1 amide bonds. The van der Waals surface area contributed by atoms with Crippen LogP contribution in [0.1, 0.15) is 6.92 Å². The van der Waals surface area contributed by atoms with Crippen molar-refractivity contribution in [3.63, 3.8) is 0 Å². The second-order valence-corrected chi connectivity index (χ2v) is 6.12. The molecule has 0 aliphatic heterocycles. The van der Waals surface area contributed by atoms with Gasteiger partial charge in [-0.05, 0) is 31.2 Å². The number of nitro benzene ring substituents is 1. The second-order valence-electron chi connectivity index (χ2n) is 6.12. The van der Waals surface area contributed by atoms with E-state index in [1.165, 1.54) is 31.2 Å². The molecule has 11 nitrogen and oxygen atoms in total. The van der Waals surface area contributed by atoms with Crippen molar-refractivity contribution in [2.24, 2.45) is 0 Å². The van der Waals surface area contributed by atoms with Gasteiger partial charge in [0.05, 0.1) is 4.92 Å². The number of benzene rings is 2. The summed E-state index contributed by atoms with van der Waals surface area (Å²) in [4.78, 5) is 46.2. The minimum absolute atomic E-state index is 0.0531. The Labute approximate surface area is 169 Å². The summed E-state index contributed by atoms with van der Waals surface area (Å²) in [6.45, 7) is 0.809. The van der Waals surface area contributed by atoms with Gasteiger partial charge in [0.2, 0.25) is 5.89 Å². The predicted molar refractivity (Wildman–Crippen MR) is 103 cm³/mol. The van der Waals surface area contributed by atoms with Gasteiger partial charge in [0.15, 0.2) is 6.10 Å². The van der Waals surface area contributed by atoms with E-state index in [4.69, 9.17) is 9.15 Å². The van der Waals surface area contributed by atoms with Crippen molar-refractivity contribution in [1.29, 1.82) is 0 Å². The maximum absolute atomic E-state index is 12.2. The molecule has 0 spiro atoms. The Morgan fingerprint density at radius 1 is 1.20 bits per heavy atom. The molecular weight excluding hydrogens is 396 g/mol. The highest BCUT2D eigenvalue weighted by Crippen LogP contribution is 2.16. The Balaban J connectivity index is 1.58. The molecule has 1 unspecified atom stereocenters. The van der Waals surface area contributed by atoms with Gasteiger partial charge in [0, 0.05) is 23.4 Å². The highest BCUT2D eigenvalue weighted by molar-refractivity contribution is 5.95. The van der Waals surface area contributed by atoms with E-state index in [0.29, 0.717) is 11.3 Å². The fraction of sp³-hybridized carbons (Fsp3) is 0.158. The van der Waals surface area contributed by atoms with Gasteiger partial charge in [-0.3, -0.25) is 19.7 Å². The van der Waals surface area contributed by atoms with Crippen LogP contribution in [0.25, 0.3) is 11.5 Å². The number of hydrogen-bond donors (Lipinski definition) is 1. The first-order chi connectivity index (χ1) is 14.3. The number of nitrogens with one attached hydrogen (secondary N) is 1. The largest absolute Gasteiger partial charge is 0.451 e. The van der Waals surface area contributed by atoms with Gasteiger partial charge in [-0.25, -0.2) is 4.79 Å². The monoisotopic (exact) mass is 412 g/mol. The number of aromatic nitrogens is 2. The number of non-ortho nitro benzene ring substituents is 1. The van der Waals surface area contributed by atoms with Crippen molar-refractivity contribution in [1.82, 2.24) is 9.78 Å². The van der Waals surface area contributed by atoms with Crippen LogP contribution in [0.5, 0.6) is 0 Å². The maximum Gasteiger partial charge on any atom is 0.437 e. The number of hydrogen-bond acceptors (Lipinski definition) is 8. The van der Waals surface area contributed by atoms with Gasteiger partial charge in [0.25, 0.3) is 11.6 Å². The summed E-state index contributed by atoms with van der Waals surface area (Å²) in [5.41, 5.74) is 0.742. The molecule has 0 aliphatic rings. The van der Waals surface area contributed by atoms with E-state index in [2.05, 4.69) is 10.4 Å². The number of carbonyl (C=O) groups excluding carboxylic acids is 2. The first-order valence-electron chi connectivity index (χ1n) is 8.71. The molecule has 1 aromatic heterocycles. The van der Waals surface area contributed by atoms with Crippen LogP contribution < -0.4 is 11.1 Å². The zero-order valence-electron chi connectivity index (χ0n) is 15.7. The number of rotatable bonds is 7. The van der Waals surface area contributed by atoms with Crippen molar-refractivity contribution >= 4 is 23.3 Å². The fourth-order valence-electron chi connectivity index (χ4n) is 2.42. The molecule has 3 aromatic rings. The molecule has 0 radical (unpaired) electrons. The first kappa shape index (κ1) is 20.5. The lowest BCUT2D eigenvalue weighted by molar-refractivity contribution is -0.384. The van der Waals surface area contributed by atoms with Crippen molar-refractivity contribution < 1.29 is 23.7 Å². The average molecular weight is 412 g/mol. The predicted octanol–water partition coefficient (Wildman–Crippen LogP) is 1.98. The van der Waals surface area contributed by atoms with Crippen LogP contribution in [-0.2, 0) is 20.9 Å². The number of anilines is 1. The summed E-state index contributed by atoms with van der Waals surface area (Å²) < 4.78 is 10.8. The summed E-state index contributed by atoms with van der Waals surface area (Å²) in [7, 11) is 0. The molecule has 0 aliphatic carbocycles. The van der Waals surface area contributed by atoms with Crippen molar-refractivity contribution in [2.75, 3.05) is 5.32 Å². The summed E-state index contributed by atoms with van der Waals surface area (Å²) >= 11 is 0. The zero-order valence-corrected chi connectivity index (χ0v) is 15.7. The molecule has 1 N–H and O–H groups in total. The lowest BCUT2D eigenvalue weighted by Crippen LogP contribution is -2.32. The number of nitrogens with zero attached hydrogens (tertiary/aromatic N) is 3. The molecule has 3 rings (SSSR count). The molecule has 0 fully saturated rings. The van der Waals surface area contributed by atoms with E-state index in [9.17, 15) is 24.5 Å². The van der Waals surface area contributed by atoms with Gasteiger partial charge in [0.1, 0.15) is 6.54 Å². The van der Waals surface area contributed by atoms with Gasteiger partial charge < -0.3 is 14.5 Å². The highest BCUT2D eigenvalue weighted by Gasteiger charge is 2.20. The molecule has 30 heavy (non-hydrogen) atoms. The van der Waals surface area contributed by atoms with Gasteiger partial charge in [-0.1, -0.05) is 18.2 Å². The Bertz CT molecular complexity index is 1120. The molecule has 0 saturated carbocycles. The van der Waals surface area contributed by atoms with E-state index < -0.39 is 35.2 Å². The average Bonchev–Trinajstić information content (AvgIpc) is 3.09. The molecule has 0 saturated heterocycles. The second kappa shape index (κ2) is 8.82. The Hall–Kier alpha value is -4.28. The van der Waals surface area contributed by atoms with Crippen LogP contribution >= 0.6 is 0 Å². The van der Waals surface area contributed by atoms with E-state index in [-0.39, 0.29) is 11.6 Å². The third kappa shape index (κ3) is 4.95. The fourth-order valence-corrected chi connectivity index (χ4v) is 2.42. The van der Waals surface area contributed by atoms with Crippen LogP contribution in [0, 0.1) is 10.1 Å². The van der Waals surface area contributed by atoms with Gasteiger partial charge in [-0.15, -0.1) is 5.10 Å². The van der Waals surface area contributed by atoms with Crippen LogP contribution in [0.3, 0.4) is 0 Å². The van der Waals surface area contributed by atoms with Crippen LogP contribution in [0.15, 0.2) is 63.8 Å². The van der Waals surface area contributed by atoms with E-state index in [1.54, 1.807) is 30.3 Å². The topological polar surface area (TPSA) is 147 Å².